The minimum Gasteiger partial charge on any atom is -0.329 e. The van der Waals surface area contributed by atoms with Crippen molar-refractivity contribution >= 4 is 11.8 Å². The highest BCUT2D eigenvalue weighted by molar-refractivity contribution is 7.99. The lowest BCUT2D eigenvalue weighted by molar-refractivity contribution is 0.602. The van der Waals surface area contributed by atoms with Gasteiger partial charge in [0.25, 0.3) is 0 Å². The average molecular weight is 292 g/mol. The van der Waals surface area contributed by atoms with Crippen molar-refractivity contribution in [2.45, 2.75) is 37.2 Å². The Kier molecular flexibility index (Phi) is 5.03. The molecule has 0 fully saturated rings. The number of hydrogen-bond acceptors (Lipinski definition) is 4. The molecule has 6 heteroatoms. The van der Waals surface area contributed by atoms with Crippen molar-refractivity contribution < 1.29 is 0 Å². The van der Waals surface area contributed by atoms with Crippen LogP contribution in [0.3, 0.4) is 0 Å². The maximum Gasteiger partial charge on any atom is 0.343 e. The van der Waals surface area contributed by atoms with Crippen molar-refractivity contribution in [1.29, 1.82) is 0 Å². The molecule has 20 heavy (non-hydrogen) atoms. The Morgan fingerprint density at radius 3 is 2.85 bits per heavy atom. The summed E-state index contributed by atoms with van der Waals surface area (Å²) in [5, 5.41) is 7.43. The van der Waals surface area contributed by atoms with Gasteiger partial charge in [-0.05, 0) is 24.5 Å². The number of aromatic nitrogens is 3. The van der Waals surface area contributed by atoms with E-state index in [1.165, 1.54) is 22.9 Å². The highest BCUT2D eigenvalue weighted by Crippen LogP contribution is 2.34. The van der Waals surface area contributed by atoms with Crippen LogP contribution in [0, 0.1) is 6.92 Å². The van der Waals surface area contributed by atoms with E-state index in [1.807, 2.05) is 19.1 Å². The second kappa shape index (κ2) is 6.76. The first-order valence-electron chi connectivity index (χ1n) is 6.74. The van der Waals surface area contributed by atoms with E-state index < -0.39 is 0 Å². The third kappa shape index (κ3) is 3.13. The van der Waals surface area contributed by atoms with E-state index in [0.717, 1.165) is 6.42 Å². The minimum absolute atomic E-state index is 0.0991. The maximum atomic E-state index is 11.7. The Morgan fingerprint density at radius 2 is 2.20 bits per heavy atom. The van der Waals surface area contributed by atoms with Crippen LogP contribution in [-0.4, -0.2) is 21.3 Å². The van der Waals surface area contributed by atoms with Crippen LogP contribution in [-0.2, 0) is 6.54 Å². The van der Waals surface area contributed by atoms with Gasteiger partial charge in [0.05, 0.1) is 0 Å². The number of H-pyrrole nitrogens is 1. The van der Waals surface area contributed by atoms with Crippen LogP contribution in [0.2, 0.25) is 0 Å². The fourth-order valence-electron chi connectivity index (χ4n) is 2.13. The van der Waals surface area contributed by atoms with Gasteiger partial charge in [0.2, 0.25) is 0 Å². The van der Waals surface area contributed by atoms with Crippen LogP contribution in [0.25, 0.3) is 0 Å². The highest BCUT2D eigenvalue weighted by atomic mass is 32.2. The predicted octanol–water partition coefficient (Wildman–Crippen LogP) is 2.08. The Balaban J connectivity index is 2.27. The summed E-state index contributed by atoms with van der Waals surface area (Å²) in [6.45, 7) is 5.28. The lowest BCUT2D eigenvalue weighted by Gasteiger charge is -2.16. The number of nitrogens with two attached hydrogens (primary N) is 1. The van der Waals surface area contributed by atoms with Crippen LogP contribution in [0.15, 0.2) is 34.2 Å². The Morgan fingerprint density at radius 1 is 1.45 bits per heavy atom. The maximum absolute atomic E-state index is 11.7. The molecule has 0 bridgehead atoms. The summed E-state index contributed by atoms with van der Waals surface area (Å²) >= 11 is 1.54. The molecule has 0 amide bonds. The third-order valence-electron chi connectivity index (χ3n) is 3.17. The highest BCUT2D eigenvalue weighted by Gasteiger charge is 2.18. The van der Waals surface area contributed by atoms with Gasteiger partial charge in [0.15, 0.2) is 5.16 Å². The van der Waals surface area contributed by atoms with Crippen molar-refractivity contribution in [3.8, 4) is 0 Å². The zero-order chi connectivity index (χ0) is 14.5. The zero-order valence-corrected chi connectivity index (χ0v) is 12.6. The van der Waals surface area contributed by atoms with Crippen molar-refractivity contribution in [2.24, 2.45) is 5.73 Å². The fraction of sp³-hybridized carbons (Fsp3) is 0.429. The normalized spacial score (nSPS) is 12.6. The average Bonchev–Trinajstić information content (AvgIpc) is 2.79. The molecule has 2 aromatic rings. The van der Waals surface area contributed by atoms with Crippen LogP contribution in [0.4, 0.5) is 0 Å². The Hall–Kier alpha value is -1.53. The number of hydrogen-bond donors (Lipinski definition) is 2. The van der Waals surface area contributed by atoms with Gasteiger partial charge < -0.3 is 5.73 Å². The molecule has 0 spiro atoms. The van der Waals surface area contributed by atoms with E-state index in [9.17, 15) is 4.79 Å². The van der Waals surface area contributed by atoms with E-state index in [0.29, 0.717) is 18.2 Å². The SMILES string of the molecule is CCCn1c(SC(CN)c2ccccc2C)n[nH]c1=O. The molecular formula is C14H20N4OS. The molecule has 1 unspecified atom stereocenters. The first-order valence-corrected chi connectivity index (χ1v) is 7.62. The molecule has 0 saturated heterocycles. The van der Waals surface area contributed by atoms with Crippen LogP contribution < -0.4 is 11.4 Å². The number of aromatic amines is 1. The van der Waals surface area contributed by atoms with Crippen LogP contribution in [0.1, 0.15) is 29.7 Å². The van der Waals surface area contributed by atoms with E-state index in [4.69, 9.17) is 5.73 Å². The topological polar surface area (TPSA) is 76.7 Å². The summed E-state index contributed by atoms with van der Waals surface area (Å²) in [4.78, 5) is 11.7. The van der Waals surface area contributed by atoms with E-state index >= 15 is 0 Å². The van der Waals surface area contributed by atoms with E-state index in [1.54, 1.807) is 4.57 Å². The molecule has 0 aliphatic heterocycles. The second-order valence-electron chi connectivity index (χ2n) is 4.66. The standard InChI is InChI=1S/C14H20N4OS/c1-3-8-18-13(19)16-17-14(18)20-12(9-15)11-7-5-4-6-10(11)2/h4-7,12H,3,8-9,15H2,1-2H3,(H,16,19). The van der Waals surface area contributed by atoms with Gasteiger partial charge in [-0.15, -0.1) is 5.10 Å². The van der Waals surface area contributed by atoms with Gasteiger partial charge >= 0.3 is 5.69 Å². The molecule has 2 rings (SSSR count). The molecule has 5 nitrogen and oxygen atoms in total. The molecule has 1 atom stereocenters. The lowest BCUT2D eigenvalue weighted by Crippen LogP contribution is -2.18. The molecule has 0 aliphatic rings. The number of rotatable bonds is 6. The predicted molar refractivity (Wildman–Crippen MR) is 82.0 cm³/mol. The molecule has 3 N–H and O–H groups in total. The Bertz CT molecular complexity index is 620. The van der Waals surface area contributed by atoms with Crippen LogP contribution >= 0.6 is 11.8 Å². The quantitative estimate of drug-likeness (QED) is 0.799. The first kappa shape index (κ1) is 14.9. The smallest absolute Gasteiger partial charge is 0.329 e. The van der Waals surface area contributed by atoms with Crippen molar-refractivity contribution in [3.63, 3.8) is 0 Å². The van der Waals surface area contributed by atoms with E-state index in [2.05, 4.69) is 29.3 Å². The van der Waals surface area contributed by atoms with Gasteiger partial charge in [-0.2, -0.15) is 0 Å². The molecule has 108 valence electrons. The van der Waals surface area contributed by atoms with Gasteiger partial charge in [0.1, 0.15) is 0 Å². The molecule has 0 saturated carbocycles. The number of thioether (sulfide) groups is 1. The summed E-state index contributed by atoms with van der Waals surface area (Å²) in [5.41, 5.74) is 8.15. The fourth-order valence-corrected chi connectivity index (χ4v) is 3.27. The summed E-state index contributed by atoms with van der Waals surface area (Å²) in [6, 6.07) is 8.17. The molecule has 0 radical (unpaired) electrons. The van der Waals surface area contributed by atoms with Crippen molar-refractivity contribution in [1.82, 2.24) is 14.8 Å². The van der Waals surface area contributed by atoms with Gasteiger partial charge in [-0.25, -0.2) is 9.89 Å². The first-order chi connectivity index (χ1) is 9.67. The molecular weight excluding hydrogens is 272 g/mol. The summed E-state index contributed by atoms with van der Waals surface area (Å²) in [6.07, 6.45) is 0.894. The summed E-state index contributed by atoms with van der Waals surface area (Å²) < 4.78 is 1.67. The number of nitrogens with one attached hydrogen (secondary N) is 1. The summed E-state index contributed by atoms with van der Waals surface area (Å²) in [7, 11) is 0. The zero-order valence-electron chi connectivity index (χ0n) is 11.8. The van der Waals surface area contributed by atoms with E-state index in [-0.39, 0.29) is 10.9 Å². The molecule has 1 aromatic carbocycles. The number of nitrogens with zero attached hydrogens (tertiary/aromatic N) is 2. The molecule has 1 aromatic heterocycles. The summed E-state index contributed by atoms with van der Waals surface area (Å²) in [5.74, 6) is 0. The van der Waals surface area contributed by atoms with Gasteiger partial charge in [-0.3, -0.25) is 4.57 Å². The molecule has 1 heterocycles. The third-order valence-corrected chi connectivity index (χ3v) is 4.42. The van der Waals surface area contributed by atoms with Gasteiger partial charge in [0, 0.05) is 18.3 Å². The second-order valence-corrected chi connectivity index (χ2v) is 5.83. The monoisotopic (exact) mass is 292 g/mol. The van der Waals surface area contributed by atoms with Gasteiger partial charge in [-0.1, -0.05) is 43.0 Å². The van der Waals surface area contributed by atoms with Crippen LogP contribution in [0.5, 0.6) is 0 Å². The Labute approximate surface area is 122 Å². The minimum atomic E-state index is -0.157. The number of aryl methyl sites for hydroxylation is 1. The van der Waals surface area contributed by atoms with Crippen molar-refractivity contribution in [2.75, 3.05) is 6.54 Å². The largest absolute Gasteiger partial charge is 0.343 e. The number of benzene rings is 1. The van der Waals surface area contributed by atoms with Crippen molar-refractivity contribution in [3.05, 3.63) is 45.9 Å². The molecule has 0 aliphatic carbocycles. The lowest BCUT2D eigenvalue weighted by atomic mass is 10.1.